The molecule has 90 valence electrons. The molecule has 2 nitrogen and oxygen atoms in total. The molecule has 0 spiro atoms. The number of halogens is 1. The van der Waals surface area contributed by atoms with Gasteiger partial charge in [0, 0.05) is 20.8 Å². The second-order valence-corrected chi connectivity index (χ2v) is 5.79. The van der Waals surface area contributed by atoms with Crippen LogP contribution in [0.4, 0.5) is 0 Å². The van der Waals surface area contributed by atoms with Gasteiger partial charge in [0.2, 0.25) is 0 Å². The van der Waals surface area contributed by atoms with Crippen molar-refractivity contribution in [3.05, 3.63) is 50.6 Å². The van der Waals surface area contributed by atoms with Crippen molar-refractivity contribution in [1.29, 1.82) is 0 Å². The van der Waals surface area contributed by atoms with Crippen LogP contribution in [-0.2, 0) is 6.61 Å². The van der Waals surface area contributed by atoms with Crippen LogP contribution in [0, 0.1) is 0 Å². The lowest BCUT2D eigenvalue weighted by Gasteiger charge is -2.08. The Morgan fingerprint density at radius 3 is 2.59 bits per heavy atom. The standard InChI is InChI=1S/C13H14BrNOS/c1-9(15)10-2-4-12(5-3-10)16-7-13-6-11(14)8-17-13/h2-6,8-9H,7,15H2,1H3. The molecule has 4 heteroatoms. The quantitative estimate of drug-likeness (QED) is 0.922. The maximum atomic E-state index is 5.79. The summed E-state index contributed by atoms with van der Waals surface area (Å²) in [6, 6.07) is 10.1. The van der Waals surface area contributed by atoms with Crippen LogP contribution in [0.25, 0.3) is 0 Å². The van der Waals surface area contributed by atoms with Gasteiger partial charge in [-0.1, -0.05) is 12.1 Å². The van der Waals surface area contributed by atoms with Gasteiger partial charge in [0.1, 0.15) is 12.4 Å². The molecule has 1 heterocycles. The van der Waals surface area contributed by atoms with Gasteiger partial charge in [0.15, 0.2) is 0 Å². The summed E-state index contributed by atoms with van der Waals surface area (Å²) >= 11 is 5.11. The molecule has 1 aromatic carbocycles. The lowest BCUT2D eigenvalue weighted by molar-refractivity contribution is 0.309. The van der Waals surface area contributed by atoms with Gasteiger partial charge in [0.05, 0.1) is 0 Å². The van der Waals surface area contributed by atoms with Crippen LogP contribution in [0.3, 0.4) is 0 Å². The lowest BCUT2D eigenvalue weighted by Crippen LogP contribution is -2.04. The predicted molar refractivity (Wildman–Crippen MR) is 75.4 cm³/mol. The first-order valence-electron chi connectivity index (χ1n) is 5.36. The molecular formula is C13H14BrNOS. The van der Waals surface area contributed by atoms with E-state index >= 15 is 0 Å². The van der Waals surface area contributed by atoms with E-state index in [0.717, 1.165) is 15.8 Å². The highest BCUT2D eigenvalue weighted by molar-refractivity contribution is 9.10. The van der Waals surface area contributed by atoms with E-state index in [1.54, 1.807) is 11.3 Å². The van der Waals surface area contributed by atoms with E-state index in [1.165, 1.54) is 4.88 Å². The fraction of sp³-hybridized carbons (Fsp3) is 0.231. The number of nitrogens with two attached hydrogens (primary N) is 1. The highest BCUT2D eigenvalue weighted by atomic mass is 79.9. The summed E-state index contributed by atoms with van der Waals surface area (Å²) in [4.78, 5) is 1.20. The van der Waals surface area contributed by atoms with Crippen molar-refractivity contribution in [2.24, 2.45) is 5.73 Å². The van der Waals surface area contributed by atoms with Crippen LogP contribution in [0.5, 0.6) is 5.75 Å². The van der Waals surface area contributed by atoms with Gasteiger partial charge < -0.3 is 10.5 Å². The zero-order valence-corrected chi connectivity index (χ0v) is 11.9. The summed E-state index contributed by atoms with van der Waals surface area (Å²) in [6.07, 6.45) is 0. The molecular weight excluding hydrogens is 298 g/mol. The zero-order valence-electron chi connectivity index (χ0n) is 9.52. The molecule has 0 fully saturated rings. The predicted octanol–water partition coefficient (Wildman–Crippen LogP) is 4.11. The number of ether oxygens (including phenoxy) is 1. The Hall–Kier alpha value is -0.840. The first-order valence-corrected chi connectivity index (χ1v) is 7.03. The number of hydrogen-bond acceptors (Lipinski definition) is 3. The molecule has 0 saturated heterocycles. The second-order valence-electron chi connectivity index (χ2n) is 3.88. The molecule has 2 rings (SSSR count). The molecule has 0 aliphatic carbocycles. The fourth-order valence-electron chi connectivity index (χ4n) is 1.45. The highest BCUT2D eigenvalue weighted by Gasteiger charge is 2.01. The second kappa shape index (κ2) is 5.67. The van der Waals surface area contributed by atoms with E-state index in [1.807, 2.05) is 31.2 Å². The minimum Gasteiger partial charge on any atom is -0.488 e. The lowest BCUT2D eigenvalue weighted by atomic mass is 10.1. The molecule has 17 heavy (non-hydrogen) atoms. The Kier molecular flexibility index (Phi) is 4.20. The van der Waals surface area contributed by atoms with Crippen molar-refractivity contribution in [2.75, 3.05) is 0 Å². The van der Waals surface area contributed by atoms with E-state index in [0.29, 0.717) is 6.61 Å². The van der Waals surface area contributed by atoms with E-state index in [4.69, 9.17) is 10.5 Å². The molecule has 1 unspecified atom stereocenters. The number of benzene rings is 1. The van der Waals surface area contributed by atoms with Crippen LogP contribution in [-0.4, -0.2) is 0 Å². The van der Waals surface area contributed by atoms with Crippen LogP contribution in [0.1, 0.15) is 23.4 Å². The maximum absolute atomic E-state index is 5.79. The molecule has 0 aliphatic rings. The summed E-state index contributed by atoms with van der Waals surface area (Å²) in [7, 11) is 0. The van der Waals surface area contributed by atoms with Crippen LogP contribution >= 0.6 is 27.3 Å². The number of thiophene rings is 1. The summed E-state index contributed by atoms with van der Waals surface area (Å²) in [6.45, 7) is 2.58. The minimum absolute atomic E-state index is 0.0669. The molecule has 2 aromatic rings. The summed E-state index contributed by atoms with van der Waals surface area (Å²) < 4.78 is 6.79. The highest BCUT2D eigenvalue weighted by Crippen LogP contribution is 2.22. The van der Waals surface area contributed by atoms with Gasteiger partial charge >= 0.3 is 0 Å². The van der Waals surface area contributed by atoms with Gasteiger partial charge in [-0.2, -0.15) is 0 Å². The number of hydrogen-bond donors (Lipinski definition) is 1. The smallest absolute Gasteiger partial charge is 0.122 e. The average Bonchev–Trinajstić information content (AvgIpc) is 2.73. The summed E-state index contributed by atoms with van der Waals surface area (Å²) in [5.74, 6) is 0.874. The van der Waals surface area contributed by atoms with Crippen LogP contribution < -0.4 is 10.5 Å². The van der Waals surface area contributed by atoms with E-state index in [2.05, 4.69) is 27.4 Å². The third-order valence-electron chi connectivity index (χ3n) is 2.41. The third-order valence-corrected chi connectivity index (χ3v) is 4.08. The molecule has 2 N–H and O–H groups in total. The largest absolute Gasteiger partial charge is 0.488 e. The molecule has 0 radical (unpaired) electrons. The Balaban J connectivity index is 1.95. The molecule has 1 aromatic heterocycles. The first kappa shape index (κ1) is 12.6. The topological polar surface area (TPSA) is 35.2 Å². The monoisotopic (exact) mass is 311 g/mol. The minimum atomic E-state index is 0.0669. The number of rotatable bonds is 4. The Morgan fingerprint density at radius 1 is 1.35 bits per heavy atom. The van der Waals surface area contributed by atoms with Crippen LogP contribution in [0.15, 0.2) is 40.2 Å². The fourth-order valence-corrected chi connectivity index (χ4v) is 2.81. The SMILES string of the molecule is CC(N)c1ccc(OCc2cc(Br)cs2)cc1. The molecule has 0 aliphatic heterocycles. The van der Waals surface area contributed by atoms with E-state index in [-0.39, 0.29) is 6.04 Å². The third kappa shape index (κ3) is 3.56. The van der Waals surface area contributed by atoms with Gasteiger partial charge in [-0.05, 0) is 46.6 Å². The van der Waals surface area contributed by atoms with Gasteiger partial charge in [-0.3, -0.25) is 0 Å². The Bertz CT molecular complexity index is 478. The van der Waals surface area contributed by atoms with Crippen molar-refractivity contribution < 1.29 is 4.74 Å². The maximum Gasteiger partial charge on any atom is 0.122 e. The first-order chi connectivity index (χ1) is 8.15. The normalized spacial score (nSPS) is 12.4. The average molecular weight is 312 g/mol. The van der Waals surface area contributed by atoms with Crippen molar-refractivity contribution in [2.45, 2.75) is 19.6 Å². The van der Waals surface area contributed by atoms with Crippen LogP contribution in [0.2, 0.25) is 0 Å². The van der Waals surface area contributed by atoms with E-state index < -0.39 is 0 Å². The van der Waals surface area contributed by atoms with Crippen molar-refractivity contribution in [3.8, 4) is 5.75 Å². The van der Waals surface area contributed by atoms with Gasteiger partial charge in [-0.25, -0.2) is 0 Å². The molecule has 0 amide bonds. The molecule has 0 saturated carbocycles. The summed E-state index contributed by atoms with van der Waals surface area (Å²) in [5.41, 5.74) is 6.91. The molecule has 0 bridgehead atoms. The van der Waals surface area contributed by atoms with Gasteiger partial charge in [0.25, 0.3) is 0 Å². The summed E-state index contributed by atoms with van der Waals surface area (Å²) in [5, 5.41) is 2.05. The Labute approximate surface area is 114 Å². The van der Waals surface area contributed by atoms with Crippen molar-refractivity contribution in [1.82, 2.24) is 0 Å². The van der Waals surface area contributed by atoms with Crippen molar-refractivity contribution >= 4 is 27.3 Å². The van der Waals surface area contributed by atoms with Gasteiger partial charge in [-0.15, -0.1) is 11.3 Å². The van der Waals surface area contributed by atoms with E-state index in [9.17, 15) is 0 Å². The van der Waals surface area contributed by atoms with Crippen molar-refractivity contribution in [3.63, 3.8) is 0 Å². The Morgan fingerprint density at radius 2 is 2.06 bits per heavy atom. The molecule has 1 atom stereocenters. The zero-order chi connectivity index (χ0) is 12.3.